The Morgan fingerprint density at radius 2 is 1.72 bits per heavy atom. The molecule has 0 saturated carbocycles. The fourth-order valence-electron chi connectivity index (χ4n) is 4.27. The molecule has 2 N–H and O–H groups in total. The van der Waals surface area contributed by atoms with Gasteiger partial charge in [0.05, 0.1) is 10.5 Å². The first-order valence-electron chi connectivity index (χ1n) is 12.4. The number of nitrogens with zero attached hydrogens (tertiary/aromatic N) is 1. The fourth-order valence-corrected chi connectivity index (χ4v) is 5.37. The highest BCUT2D eigenvalue weighted by atomic mass is 32.2. The van der Waals surface area contributed by atoms with Crippen LogP contribution in [0.5, 0.6) is 0 Å². The van der Waals surface area contributed by atoms with Crippen LogP contribution in [-0.2, 0) is 22.7 Å². The maximum absolute atomic E-state index is 13.2. The largest absolute Gasteiger partial charge is 0.416 e. The number of carbonyl (C=O) groups excluding carboxylic acids is 1. The lowest BCUT2D eigenvalue weighted by Gasteiger charge is -2.15. The molecule has 4 aromatic rings. The predicted molar refractivity (Wildman–Crippen MR) is 146 cm³/mol. The number of anilines is 1. The molecule has 39 heavy (non-hydrogen) atoms. The second kappa shape index (κ2) is 10.8. The van der Waals surface area contributed by atoms with E-state index in [2.05, 4.69) is 16.1 Å². The number of rotatable bonds is 8. The second-order valence-electron chi connectivity index (χ2n) is 10.1. The number of carbonyl (C=O) groups is 1. The Labute approximate surface area is 225 Å². The van der Waals surface area contributed by atoms with Gasteiger partial charge in [0.15, 0.2) is 0 Å². The van der Waals surface area contributed by atoms with Crippen molar-refractivity contribution in [1.29, 1.82) is 0 Å². The predicted octanol–water partition coefficient (Wildman–Crippen LogP) is 6.51. The van der Waals surface area contributed by atoms with Gasteiger partial charge >= 0.3 is 6.18 Å². The number of hydrogen-bond acceptors (Lipinski definition) is 3. The molecule has 206 valence electrons. The smallest absolute Gasteiger partial charge is 0.351 e. The first-order valence-corrected chi connectivity index (χ1v) is 13.9. The highest BCUT2D eigenvalue weighted by Gasteiger charge is 2.31. The van der Waals surface area contributed by atoms with E-state index in [0.717, 1.165) is 34.9 Å². The fraction of sp³-hybridized carbons (Fsp3) is 0.276. The number of sulfonamides is 1. The highest BCUT2D eigenvalue weighted by Crippen LogP contribution is 2.31. The summed E-state index contributed by atoms with van der Waals surface area (Å²) in [5.74, 6) is -0.000967. The minimum absolute atomic E-state index is 0.165. The second-order valence-corrected chi connectivity index (χ2v) is 11.7. The lowest BCUT2D eigenvalue weighted by atomic mass is 10.1. The molecular formula is C29H30F3N3O3S. The highest BCUT2D eigenvalue weighted by molar-refractivity contribution is 7.92. The van der Waals surface area contributed by atoms with Crippen molar-refractivity contribution in [3.8, 4) is 0 Å². The minimum Gasteiger partial charge on any atom is -0.351 e. The Morgan fingerprint density at radius 3 is 2.41 bits per heavy atom. The Kier molecular flexibility index (Phi) is 7.79. The number of hydrogen-bond donors (Lipinski definition) is 2. The van der Waals surface area contributed by atoms with Crippen molar-refractivity contribution in [3.63, 3.8) is 0 Å². The van der Waals surface area contributed by atoms with E-state index in [4.69, 9.17) is 0 Å². The molecule has 0 atom stereocenters. The van der Waals surface area contributed by atoms with Gasteiger partial charge in [-0.3, -0.25) is 9.52 Å². The summed E-state index contributed by atoms with van der Waals surface area (Å²) in [6.07, 6.45) is -4.67. The van der Waals surface area contributed by atoms with Crippen LogP contribution in [0.15, 0.2) is 71.6 Å². The van der Waals surface area contributed by atoms with Gasteiger partial charge in [0.25, 0.3) is 15.9 Å². The van der Waals surface area contributed by atoms with Crippen molar-refractivity contribution >= 4 is 32.5 Å². The third-order valence-electron chi connectivity index (χ3n) is 6.36. The molecule has 0 fully saturated rings. The first kappa shape index (κ1) is 28.2. The van der Waals surface area contributed by atoms with E-state index in [9.17, 15) is 26.4 Å². The van der Waals surface area contributed by atoms with Crippen LogP contribution in [0.25, 0.3) is 10.9 Å². The molecule has 1 heterocycles. The quantitative estimate of drug-likeness (QED) is 0.259. The first-order chi connectivity index (χ1) is 18.2. The molecular weight excluding hydrogens is 527 g/mol. The summed E-state index contributed by atoms with van der Waals surface area (Å²) in [5.41, 5.74) is 3.45. The summed E-state index contributed by atoms with van der Waals surface area (Å²) < 4.78 is 69.4. The zero-order valence-electron chi connectivity index (χ0n) is 22.1. The maximum atomic E-state index is 13.2. The van der Waals surface area contributed by atoms with Gasteiger partial charge in [-0.1, -0.05) is 43.7 Å². The van der Waals surface area contributed by atoms with Crippen LogP contribution < -0.4 is 10.0 Å². The lowest BCUT2D eigenvalue weighted by molar-refractivity contribution is -0.137. The molecule has 0 aliphatic heterocycles. The summed E-state index contributed by atoms with van der Waals surface area (Å²) >= 11 is 0. The van der Waals surface area contributed by atoms with Crippen LogP contribution in [-0.4, -0.2) is 25.4 Å². The molecule has 0 saturated heterocycles. The Hall–Kier alpha value is -3.79. The summed E-state index contributed by atoms with van der Waals surface area (Å²) in [6, 6.07) is 16.2. The normalized spacial score (nSPS) is 12.2. The zero-order chi connectivity index (χ0) is 28.5. The van der Waals surface area contributed by atoms with E-state index in [1.165, 1.54) is 6.07 Å². The minimum atomic E-state index is -4.67. The van der Waals surface area contributed by atoms with E-state index < -0.39 is 26.7 Å². The van der Waals surface area contributed by atoms with Gasteiger partial charge in [-0.05, 0) is 73.4 Å². The van der Waals surface area contributed by atoms with Crippen molar-refractivity contribution in [3.05, 3.63) is 94.7 Å². The van der Waals surface area contributed by atoms with Crippen LogP contribution in [0, 0.1) is 19.8 Å². The van der Waals surface area contributed by atoms with E-state index in [0.29, 0.717) is 35.8 Å². The van der Waals surface area contributed by atoms with Gasteiger partial charge in [-0.15, -0.1) is 0 Å². The van der Waals surface area contributed by atoms with Crippen LogP contribution >= 0.6 is 0 Å². The number of fused-ring (bicyclic) bond motifs is 1. The molecule has 3 aromatic carbocycles. The average Bonchev–Trinajstić information content (AvgIpc) is 3.21. The van der Waals surface area contributed by atoms with Gasteiger partial charge in [0, 0.05) is 29.7 Å². The van der Waals surface area contributed by atoms with Crippen molar-refractivity contribution in [2.24, 2.45) is 5.92 Å². The Morgan fingerprint density at radius 1 is 0.974 bits per heavy atom. The summed E-state index contributed by atoms with van der Waals surface area (Å²) in [5, 5.41) is 3.55. The number of nitrogens with one attached hydrogen (secondary N) is 2. The number of halogens is 3. The molecule has 6 nitrogen and oxygen atoms in total. The van der Waals surface area contributed by atoms with Crippen molar-refractivity contribution in [1.82, 2.24) is 9.88 Å². The summed E-state index contributed by atoms with van der Waals surface area (Å²) in [7, 11) is -4.30. The van der Waals surface area contributed by atoms with Crippen molar-refractivity contribution in [2.75, 3.05) is 11.3 Å². The van der Waals surface area contributed by atoms with Crippen LogP contribution in [0.3, 0.4) is 0 Å². The SMILES string of the molecule is Cc1ccc(C)c(Cn2c(C(=O)NCC(C)C)cc3cc(NS(=O)(=O)c4cccc(C(F)(F)F)c4)ccc32)c1. The number of alkyl halides is 3. The van der Waals surface area contributed by atoms with E-state index >= 15 is 0 Å². The molecule has 1 aromatic heterocycles. The molecule has 0 aliphatic rings. The average molecular weight is 558 g/mol. The van der Waals surface area contributed by atoms with Crippen LogP contribution in [0.1, 0.15) is 46.6 Å². The lowest BCUT2D eigenvalue weighted by Crippen LogP contribution is -2.29. The molecule has 0 spiro atoms. The standard InChI is InChI=1S/C29H30F3N3O3S/c1-18(2)16-33-28(36)27-14-21-13-24(34-39(37,38)25-7-5-6-23(15-25)29(30,31)32)10-11-26(21)35(27)17-22-12-19(3)8-9-20(22)4/h5-15,18,34H,16-17H2,1-4H3,(H,33,36). The van der Waals surface area contributed by atoms with Gasteiger partial charge < -0.3 is 9.88 Å². The van der Waals surface area contributed by atoms with Crippen LogP contribution in [0.4, 0.5) is 18.9 Å². The third kappa shape index (κ3) is 6.44. The maximum Gasteiger partial charge on any atom is 0.416 e. The third-order valence-corrected chi connectivity index (χ3v) is 7.74. The summed E-state index contributed by atoms with van der Waals surface area (Å²) in [4.78, 5) is 12.7. The molecule has 0 bridgehead atoms. The molecule has 0 aliphatic carbocycles. The van der Waals surface area contributed by atoms with Gasteiger partial charge in [0.2, 0.25) is 0 Å². The number of amides is 1. The molecule has 0 unspecified atom stereocenters. The van der Waals surface area contributed by atoms with Crippen molar-refractivity contribution < 1.29 is 26.4 Å². The topological polar surface area (TPSA) is 80.2 Å². The number of benzene rings is 3. The molecule has 0 radical (unpaired) electrons. The summed E-state index contributed by atoms with van der Waals surface area (Å²) in [6.45, 7) is 8.90. The van der Waals surface area contributed by atoms with Gasteiger partial charge in [-0.2, -0.15) is 13.2 Å². The Bertz CT molecular complexity index is 1640. The van der Waals surface area contributed by atoms with E-state index in [-0.39, 0.29) is 17.5 Å². The zero-order valence-corrected chi connectivity index (χ0v) is 22.9. The van der Waals surface area contributed by atoms with Crippen LogP contribution in [0.2, 0.25) is 0 Å². The molecule has 1 amide bonds. The van der Waals surface area contributed by atoms with E-state index in [1.54, 1.807) is 18.2 Å². The monoisotopic (exact) mass is 557 g/mol. The molecule has 10 heteroatoms. The van der Waals surface area contributed by atoms with E-state index in [1.807, 2.05) is 44.4 Å². The van der Waals surface area contributed by atoms with Gasteiger partial charge in [0.1, 0.15) is 5.69 Å². The van der Waals surface area contributed by atoms with Crippen molar-refractivity contribution in [2.45, 2.75) is 45.3 Å². The molecule has 4 rings (SSSR count). The number of aryl methyl sites for hydroxylation is 2. The Balaban J connectivity index is 1.73. The number of aromatic nitrogens is 1. The van der Waals surface area contributed by atoms with Gasteiger partial charge in [-0.25, -0.2) is 8.42 Å².